The first kappa shape index (κ1) is 16.4. The number of carboxylic acids is 1. The Morgan fingerprint density at radius 3 is 2.11 bits per heavy atom. The van der Waals surface area contributed by atoms with E-state index in [9.17, 15) is 4.79 Å². The van der Waals surface area contributed by atoms with Gasteiger partial charge in [0.25, 0.3) is 0 Å². The molecule has 0 aromatic rings. The van der Waals surface area contributed by atoms with Crippen LogP contribution in [0.15, 0.2) is 48.6 Å². The molecule has 0 aliphatic heterocycles. The van der Waals surface area contributed by atoms with Gasteiger partial charge in [-0.15, -0.1) is 0 Å². The fourth-order valence-corrected chi connectivity index (χ4v) is 1.24. The molecule has 0 spiro atoms. The van der Waals surface area contributed by atoms with Crippen molar-refractivity contribution < 1.29 is 15.0 Å². The van der Waals surface area contributed by atoms with Crippen molar-refractivity contribution in [2.45, 2.75) is 32.1 Å². The maximum Gasteiger partial charge on any atom is 0.303 e. The van der Waals surface area contributed by atoms with Crippen molar-refractivity contribution in [3.8, 4) is 0 Å². The lowest BCUT2D eigenvalue weighted by molar-refractivity contribution is -0.136. The Hall–Kier alpha value is -1.61. The normalized spacial score (nSPS) is 12.5. The number of allylic oxidation sites excluding steroid dienone is 7. The largest absolute Gasteiger partial charge is 0.481 e. The van der Waals surface area contributed by atoms with Crippen LogP contribution in [0.5, 0.6) is 0 Å². The summed E-state index contributed by atoms with van der Waals surface area (Å²) in [5.41, 5.74) is 0. The maximum atomic E-state index is 10.2. The third-order valence-corrected chi connectivity index (χ3v) is 2.14. The van der Waals surface area contributed by atoms with Gasteiger partial charge >= 0.3 is 5.97 Å². The van der Waals surface area contributed by atoms with Gasteiger partial charge in [-0.3, -0.25) is 4.79 Å². The summed E-state index contributed by atoms with van der Waals surface area (Å²) >= 11 is 0. The molecule has 18 heavy (non-hydrogen) atoms. The number of aliphatic carboxylic acids is 1. The fourth-order valence-electron chi connectivity index (χ4n) is 1.24. The third-order valence-electron chi connectivity index (χ3n) is 2.14. The highest BCUT2D eigenvalue weighted by molar-refractivity contribution is 5.66. The number of rotatable bonds is 10. The Labute approximate surface area is 109 Å². The van der Waals surface area contributed by atoms with Gasteiger partial charge in [0, 0.05) is 6.42 Å². The average Bonchev–Trinajstić information content (AvgIpc) is 2.34. The van der Waals surface area contributed by atoms with Crippen molar-refractivity contribution in [2.75, 3.05) is 6.61 Å². The first-order chi connectivity index (χ1) is 8.77. The molecule has 0 radical (unpaired) electrons. The Kier molecular flexibility index (Phi) is 12.3. The number of carbonyl (C=O) groups is 1. The molecule has 0 bridgehead atoms. The van der Waals surface area contributed by atoms with Crippen molar-refractivity contribution in [1.29, 1.82) is 0 Å². The molecular formula is C15H22O3. The molecule has 0 aromatic carbocycles. The summed E-state index contributed by atoms with van der Waals surface area (Å²) < 4.78 is 0. The number of hydrogen-bond donors (Lipinski definition) is 2. The van der Waals surface area contributed by atoms with Gasteiger partial charge in [-0.2, -0.15) is 0 Å². The van der Waals surface area contributed by atoms with Gasteiger partial charge in [0.15, 0.2) is 0 Å². The second-order valence-electron chi connectivity index (χ2n) is 3.76. The molecular weight excluding hydrogens is 228 g/mol. The van der Waals surface area contributed by atoms with Gasteiger partial charge in [0.1, 0.15) is 0 Å². The zero-order valence-electron chi connectivity index (χ0n) is 10.7. The molecule has 0 aliphatic rings. The number of unbranched alkanes of at least 4 members (excludes halogenated alkanes) is 2. The SMILES string of the molecule is O=C(O)CC/C=C/CCC/C=C/C=C/C=C\CO. The van der Waals surface area contributed by atoms with E-state index in [1.165, 1.54) is 0 Å². The standard InChI is InChI=1S/C15H22O3/c16-14-12-10-8-6-4-2-1-3-5-7-9-11-13-15(17)18/h2,4,6-10,12,16H,1,3,5,11,13-14H2,(H,17,18)/b4-2+,8-6+,9-7+,12-10-. The first-order valence-electron chi connectivity index (χ1n) is 6.23. The summed E-state index contributed by atoms with van der Waals surface area (Å²) in [5, 5.41) is 16.9. The van der Waals surface area contributed by atoms with Gasteiger partial charge in [0.2, 0.25) is 0 Å². The zero-order chi connectivity index (χ0) is 13.5. The van der Waals surface area contributed by atoms with E-state index in [1.54, 1.807) is 12.2 Å². The van der Waals surface area contributed by atoms with Crippen molar-refractivity contribution in [3.63, 3.8) is 0 Å². The van der Waals surface area contributed by atoms with Gasteiger partial charge in [0.05, 0.1) is 6.61 Å². The lowest BCUT2D eigenvalue weighted by Gasteiger charge is -1.90. The highest BCUT2D eigenvalue weighted by Crippen LogP contribution is 2.00. The second kappa shape index (κ2) is 13.5. The Balaban J connectivity index is 3.39. The molecule has 0 saturated carbocycles. The minimum atomic E-state index is -0.746. The van der Waals surface area contributed by atoms with Crippen LogP contribution in [0, 0.1) is 0 Å². The van der Waals surface area contributed by atoms with Crippen LogP contribution in [0.4, 0.5) is 0 Å². The van der Waals surface area contributed by atoms with Crippen LogP contribution >= 0.6 is 0 Å². The predicted molar refractivity (Wildman–Crippen MR) is 74.4 cm³/mol. The summed E-state index contributed by atoms with van der Waals surface area (Å²) in [6.45, 7) is 0.0717. The highest BCUT2D eigenvalue weighted by Gasteiger charge is 1.90. The minimum Gasteiger partial charge on any atom is -0.481 e. The Morgan fingerprint density at radius 1 is 0.833 bits per heavy atom. The molecule has 0 heterocycles. The second-order valence-corrected chi connectivity index (χ2v) is 3.76. The number of carboxylic acid groups (broad SMARTS) is 1. The summed E-state index contributed by atoms with van der Waals surface area (Å²) in [4.78, 5) is 10.2. The van der Waals surface area contributed by atoms with Crippen molar-refractivity contribution in [3.05, 3.63) is 48.6 Å². The summed E-state index contributed by atoms with van der Waals surface area (Å²) in [5.74, 6) is -0.746. The lowest BCUT2D eigenvalue weighted by atomic mass is 10.2. The quantitative estimate of drug-likeness (QED) is 0.355. The van der Waals surface area contributed by atoms with Crippen LogP contribution in [0.1, 0.15) is 32.1 Å². The van der Waals surface area contributed by atoms with Crippen molar-refractivity contribution >= 4 is 5.97 Å². The summed E-state index contributed by atoms with van der Waals surface area (Å²) in [6, 6.07) is 0. The zero-order valence-corrected chi connectivity index (χ0v) is 10.7. The molecule has 0 fully saturated rings. The van der Waals surface area contributed by atoms with Crippen LogP contribution < -0.4 is 0 Å². The number of aliphatic hydroxyl groups is 1. The molecule has 0 amide bonds. The molecule has 3 nitrogen and oxygen atoms in total. The van der Waals surface area contributed by atoms with Gasteiger partial charge in [-0.25, -0.2) is 0 Å². The van der Waals surface area contributed by atoms with E-state index in [-0.39, 0.29) is 13.0 Å². The molecule has 3 heteroatoms. The van der Waals surface area contributed by atoms with E-state index < -0.39 is 5.97 Å². The molecule has 0 rings (SSSR count). The van der Waals surface area contributed by atoms with Crippen LogP contribution in [0.3, 0.4) is 0 Å². The molecule has 2 N–H and O–H groups in total. The number of aliphatic hydroxyl groups excluding tert-OH is 1. The van der Waals surface area contributed by atoms with Crippen LogP contribution in [0.2, 0.25) is 0 Å². The molecule has 0 aromatic heterocycles. The van der Waals surface area contributed by atoms with Crippen LogP contribution in [-0.4, -0.2) is 22.8 Å². The van der Waals surface area contributed by atoms with E-state index in [4.69, 9.17) is 10.2 Å². The van der Waals surface area contributed by atoms with E-state index in [1.807, 2.05) is 30.4 Å². The van der Waals surface area contributed by atoms with Crippen LogP contribution in [0.25, 0.3) is 0 Å². The third kappa shape index (κ3) is 14.4. The Bertz CT molecular complexity index is 312. The summed E-state index contributed by atoms with van der Waals surface area (Å²) in [6.07, 6.45) is 19.2. The Morgan fingerprint density at radius 2 is 1.44 bits per heavy atom. The predicted octanol–water partition coefficient (Wildman–Crippen LogP) is 3.24. The summed E-state index contributed by atoms with van der Waals surface area (Å²) in [7, 11) is 0. The van der Waals surface area contributed by atoms with Gasteiger partial charge in [-0.1, -0.05) is 48.6 Å². The smallest absolute Gasteiger partial charge is 0.303 e. The highest BCUT2D eigenvalue weighted by atomic mass is 16.4. The number of hydrogen-bond acceptors (Lipinski definition) is 2. The lowest BCUT2D eigenvalue weighted by Crippen LogP contribution is -1.91. The van der Waals surface area contributed by atoms with E-state index in [2.05, 4.69) is 6.08 Å². The first-order valence-corrected chi connectivity index (χ1v) is 6.23. The average molecular weight is 250 g/mol. The molecule has 100 valence electrons. The van der Waals surface area contributed by atoms with Gasteiger partial charge in [-0.05, 0) is 25.7 Å². The topological polar surface area (TPSA) is 57.5 Å². The minimum absolute atomic E-state index is 0.0717. The fraction of sp³-hybridized carbons (Fsp3) is 0.400. The molecule has 0 saturated heterocycles. The maximum absolute atomic E-state index is 10.2. The molecule has 0 atom stereocenters. The van der Waals surface area contributed by atoms with E-state index in [0.717, 1.165) is 19.3 Å². The van der Waals surface area contributed by atoms with Crippen LogP contribution in [-0.2, 0) is 4.79 Å². The molecule has 0 unspecified atom stereocenters. The van der Waals surface area contributed by atoms with E-state index >= 15 is 0 Å². The monoisotopic (exact) mass is 250 g/mol. The van der Waals surface area contributed by atoms with Gasteiger partial charge < -0.3 is 10.2 Å². The van der Waals surface area contributed by atoms with E-state index in [0.29, 0.717) is 6.42 Å². The van der Waals surface area contributed by atoms with Crippen molar-refractivity contribution in [1.82, 2.24) is 0 Å². The molecule has 0 aliphatic carbocycles. The van der Waals surface area contributed by atoms with Crippen molar-refractivity contribution in [2.24, 2.45) is 0 Å².